The highest BCUT2D eigenvalue weighted by molar-refractivity contribution is 5.27. The van der Waals surface area contributed by atoms with Crippen molar-refractivity contribution < 1.29 is 9.84 Å². The van der Waals surface area contributed by atoms with E-state index in [0.717, 1.165) is 31.7 Å². The zero-order valence-electron chi connectivity index (χ0n) is 13.1. The molecule has 1 aliphatic heterocycles. The maximum Gasteiger partial charge on any atom is 0.118 e. The molecule has 0 aliphatic carbocycles. The van der Waals surface area contributed by atoms with Gasteiger partial charge in [0.25, 0.3) is 0 Å². The number of rotatable bonds is 5. The predicted octanol–water partition coefficient (Wildman–Crippen LogP) is 1.61. The van der Waals surface area contributed by atoms with Crippen molar-refractivity contribution in [3.05, 3.63) is 47.8 Å². The Morgan fingerprint density at radius 2 is 2.05 bits per heavy atom. The molecule has 0 spiro atoms. The van der Waals surface area contributed by atoms with Gasteiger partial charge in [-0.2, -0.15) is 5.10 Å². The molecule has 3 rings (SSSR count). The third kappa shape index (κ3) is 3.31. The second kappa shape index (κ2) is 6.50. The average Bonchev–Trinajstić information content (AvgIpc) is 3.08. The molecule has 5 nitrogen and oxygen atoms in total. The molecule has 2 atom stereocenters. The lowest BCUT2D eigenvalue weighted by Crippen LogP contribution is -2.36. The van der Waals surface area contributed by atoms with Crippen molar-refractivity contribution in [3.63, 3.8) is 0 Å². The summed E-state index contributed by atoms with van der Waals surface area (Å²) in [5.74, 6) is 0.872. The van der Waals surface area contributed by atoms with E-state index in [4.69, 9.17) is 4.74 Å². The smallest absolute Gasteiger partial charge is 0.118 e. The fourth-order valence-corrected chi connectivity index (χ4v) is 3.15. The largest absolute Gasteiger partial charge is 0.497 e. The Morgan fingerprint density at radius 1 is 1.27 bits per heavy atom. The lowest BCUT2D eigenvalue weighted by molar-refractivity contribution is 0.112. The minimum Gasteiger partial charge on any atom is -0.497 e. The average molecular weight is 301 g/mol. The summed E-state index contributed by atoms with van der Waals surface area (Å²) in [5.41, 5.74) is 2.42. The number of nitrogens with zero attached hydrogens (tertiary/aromatic N) is 3. The van der Waals surface area contributed by atoms with Crippen LogP contribution in [0.15, 0.2) is 36.7 Å². The monoisotopic (exact) mass is 301 g/mol. The third-order valence-corrected chi connectivity index (χ3v) is 4.37. The summed E-state index contributed by atoms with van der Waals surface area (Å²) in [6.07, 6.45) is 5.32. The molecule has 0 bridgehead atoms. The highest BCUT2D eigenvalue weighted by atomic mass is 16.5. The van der Waals surface area contributed by atoms with Crippen molar-refractivity contribution in [2.75, 3.05) is 13.7 Å². The van der Waals surface area contributed by atoms with Gasteiger partial charge in [0.2, 0.25) is 0 Å². The van der Waals surface area contributed by atoms with Crippen molar-refractivity contribution >= 4 is 0 Å². The van der Waals surface area contributed by atoms with Crippen LogP contribution in [0, 0.1) is 0 Å². The Kier molecular flexibility index (Phi) is 4.45. The molecular formula is C17H23N3O2. The number of benzene rings is 1. The molecule has 1 aromatic heterocycles. The second-order valence-corrected chi connectivity index (χ2v) is 5.97. The van der Waals surface area contributed by atoms with Crippen molar-refractivity contribution in [1.29, 1.82) is 0 Å². The molecule has 118 valence electrons. The molecule has 2 aromatic rings. The number of aryl methyl sites for hydroxylation is 1. The van der Waals surface area contributed by atoms with Gasteiger partial charge in [-0.25, -0.2) is 0 Å². The zero-order valence-corrected chi connectivity index (χ0v) is 13.1. The lowest BCUT2D eigenvalue weighted by atomic mass is 10.0. The zero-order chi connectivity index (χ0) is 15.5. The van der Waals surface area contributed by atoms with E-state index in [1.807, 2.05) is 36.3 Å². The minimum absolute atomic E-state index is 0.159. The Bertz CT molecular complexity index is 609. The van der Waals surface area contributed by atoms with Gasteiger partial charge < -0.3 is 9.84 Å². The highest BCUT2D eigenvalue weighted by Gasteiger charge is 2.32. The quantitative estimate of drug-likeness (QED) is 0.911. The van der Waals surface area contributed by atoms with E-state index in [1.165, 1.54) is 11.1 Å². The van der Waals surface area contributed by atoms with Crippen LogP contribution < -0.4 is 4.74 Å². The van der Waals surface area contributed by atoms with E-state index in [9.17, 15) is 5.11 Å². The van der Waals surface area contributed by atoms with Crippen LogP contribution in [0.2, 0.25) is 0 Å². The minimum atomic E-state index is -0.265. The summed E-state index contributed by atoms with van der Waals surface area (Å²) in [6, 6.07) is 8.30. The van der Waals surface area contributed by atoms with Gasteiger partial charge in [0.15, 0.2) is 0 Å². The Balaban J connectivity index is 1.68. The van der Waals surface area contributed by atoms with Crippen LogP contribution >= 0.6 is 0 Å². The molecule has 0 radical (unpaired) electrons. The SMILES string of the molecule is COc1ccc(CN2CC[C@@H](O)[C@@H]2Cc2cnn(C)c2)cc1. The first-order chi connectivity index (χ1) is 10.7. The number of ether oxygens (including phenoxy) is 1. The maximum absolute atomic E-state index is 10.3. The highest BCUT2D eigenvalue weighted by Crippen LogP contribution is 2.24. The van der Waals surface area contributed by atoms with Crippen LogP contribution in [0.1, 0.15) is 17.5 Å². The van der Waals surface area contributed by atoms with Crippen molar-refractivity contribution in [3.8, 4) is 5.75 Å². The van der Waals surface area contributed by atoms with Crippen molar-refractivity contribution in [1.82, 2.24) is 14.7 Å². The van der Waals surface area contributed by atoms with E-state index < -0.39 is 0 Å². The van der Waals surface area contributed by atoms with Crippen LogP contribution in [0.25, 0.3) is 0 Å². The summed E-state index contributed by atoms with van der Waals surface area (Å²) in [6.45, 7) is 1.78. The maximum atomic E-state index is 10.3. The number of aliphatic hydroxyl groups is 1. The number of aromatic nitrogens is 2. The van der Waals surface area contributed by atoms with Gasteiger partial charge in [-0.3, -0.25) is 9.58 Å². The van der Waals surface area contributed by atoms with E-state index in [0.29, 0.717) is 0 Å². The van der Waals surface area contributed by atoms with E-state index in [1.54, 1.807) is 7.11 Å². The summed E-state index contributed by atoms with van der Waals surface area (Å²) in [7, 11) is 3.60. The summed E-state index contributed by atoms with van der Waals surface area (Å²) >= 11 is 0. The van der Waals surface area contributed by atoms with Crippen LogP contribution in [0.5, 0.6) is 5.75 Å². The third-order valence-electron chi connectivity index (χ3n) is 4.37. The lowest BCUT2D eigenvalue weighted by Gasteiger charge is -2.26. The molecule has 0 amide bonds. The fraction of sp³-hybridized carbons (Fsp3) is 0.471. The number of hydrogen-bond acceptors (Lipinski definition) is 4. The summed E-state index contributed by atoms with van der Waals surface area (Å²) in [5, 5.41) is 14.5. The van der Waals surface area contributed by atoms with Gasteiger partial charge in [0, 0.05) is 32.4 Å². The molecule has 5 heteroatoms. The van der Waals surface area contributed by atoms with Crippen LogP contribution in [-0.2, 0) is 20.0 Å². The molecule has 1 aliphatic rings. The van der Waals surface area contributed by atoms with Crippen molar-refractivity contribution in [2.24, 2.45) is 7.05 Å². The van der Waals surface area contributed by atoms with Gasteiger partial charge in [0.05, 0.1) is 19.4 Å². The van der Waals surface area contributed by atoms with E-state index in [-0.39, 0.29) is 12.1 Å². The molecule has 1 aromatic carbocycles. The second-order valence-electron chi connectivity index (χ2n) is 5.97. The predicted molar refractivity (Wildman–Crippen MR) is 84.7 cm³/mol. The topological polar surface area (TPSA) is 50.5 Å². The van der Waals surface area contributed by atoms with Gasteiger partial charge in [-0.05, 0) is 36.1 Å². The first-order valence-corrected chi connectivity index (χ1v) is 7.68. The van der Waals surface area contributed by atoms with Gasteiger partial charge in [-0.15, -0.1) is 0 Å². The summed E-state index contributed by atoms with van der Waals surface area (Å²) < 4.78 is 7.01. The number of likely N-dealkylation sites (tertiary alicyclic amines) is 1. The molecule has 2 heterocycles. The van der Waals surface area contributed by atoms with Crippen LogP contribution in [0.4, 0.5) is 0 Å². The molecular weight excluding hydrogens is 278 g/mol. The van der Waals surface area contributed by atoms with E-state index in [2.05, 4.69) is 22.1 Å². The first-order valence-electron chi connectivity index (χ1n) is 7.68. The fourth-order valence-electron chi connectivity index (χ4n) is 3.15. The van der Waals surface area contributed by atoms with Crippen LogP contribution in [-0.4, -0.2) is 45.6 Å². The Hall–Kier alpha value is -1.85. The molecule has 22 heavy (non-hydrogen) atoms. The van der Waals surface area contributed by atoms with E-state index >= 15 is 0 Å². The molecule has 1 N–H and O–H groups in total. The first kappa shape index (κ1) is 15.1. The Morgan fingerprint density at radius 3 is 2.68 bits per heavy atom. The standard InChI is InChI=1S/C17H23N3O2/c1-19-11-14(10-18-19)9-16-17(21)7-8-20(16)12-13-3-5-15(22-2)6-4-13/h3-6,10-11,16-17,21H,7-9,12H2,1-2H3/t16-,17+/m0/s1. The normalized spacial score (nSPS) is 22.1. The molecule has 1 fully saturated rings. The van der Waals surface area contributed by atoms with Crippen molar-refractivity contribution in [2.45, 2.75) is 31.5 Å². The number of aliphatic hydroxyl groups excluding tert-OH is 1. The molecule has 0 unspecified atom stereocenters. The van der Waals surface area contributed by atoms with Gasteiger partial charge in [0.1, 0.15) is 5.75 Å². The molecule has 0 saturated carbocycles. The summed E-state index contributed by atoms with van der Waals surface area (Å²) in [4.78, 5) is 2.36. The number of hydrogen-bond donors (Lipinski definition) is 1. The number of methoxy groups -OCH3 is 1. The van der Waals surface area contributed by atoms with Gasteiger partial charge in [-0.1, -0.05) is 12.1 Å². The Labute approximate surface area is 131 Å². The van der Waals surface area contributed by atoms with Crippen LogP contribution in [0.3, 0.4) is 0 Å². The van der Waals surface area contributed by atoms with Gasteiger partial charge >= 0.3 is 0 Å². The molecule has 1 saturated heterocycles.